The van der Waals surface area contributed by atoms with Gasteiger partial charge in [0.2, 0.25) is 0 Å². The highest BCUT2D eigenvalue weighted by molar-refractivity contribution is 5.84. The molecule has 1 aliphatic rings. The molecule has 0 bridgehead atoms. The van der Waals surface area contributed by atoms with E-state index in [1.807, 2.05) is 24.3 Å². The first-order valence-electron chi connectivity index (χ1n) is 5.23. The van der Waals surface area contributed by atoms with E-state index in [0.29, 0.717) is 13.0 Å². The molecule has 3 nitrogen and oxygen atoms in total. The van der Waals surface area contributed by atoms with E-state index in [2.05, 4.69) is 0 Å². The molecule has 0 amide bonds. The molecule has 1 aromatic carbocycles. The van der Waals surface area contributed by atoms with Gasteiger partial charge in [-0.05, 0) is 30.9 Å². The summed E-state index contributed by atoms with van der Waals surface area (Å²) >= 11 is 0. The van der Waals surface area contributed by atoms with Crippen LogP contribution in [0.3, 0.4) is 0 Å². The molecule has 0 spiro atoms. The summed E-state index contributed by atoms with van der Waals surface area (Å²) in [6.45, 7) is 2.17. The van der Waals surface area contributed by atoms with Crippen LogP contribution in [0.25, 0.3) is 0 Å². The molecule has 2 rings (SSSR count). The Morgan fingerprint density at radius 2 is 2.27 bits per heavy atom. The van der Waals surface area contributed by atoms with Gasteiger partial charge in [0.15, 0.2) is 0 Å². The lowest BCUT2D eigenvalue weighted by Crippen LogP contribution is -2.44. The van der Waals surface area contributed by atoms with E-state index in [0.717, 1.165) is 17.5 Å². The third-order valence-corrected chi connectivity index (χ3v) is 2.93. The topological polar surface area (TPSA) is 52.3 Å². The van der Waals surface area contributed by atoms with Crippen molar-refractivity contribution in [2.75, 3.05) is 6.61 Å². The van der Waals surface area contributed by atoms with Crippen molar-refractivity contribution >= 4 is 5.97 Å². The van der Waals surface area contributed by atoms with Crippen molar-refractivity contribution in [2.24, 2.45) is 5.73 Å². The fourth-order valence-corrected chi connectivity index (χ4v) is 2.11. The van der Waals surface area contributed by atoms with Crippen LogP contribution >= 0.6 is 0 Å². The average Bonchev–Trinajstić information content (AvgIpc) is 2.59. The number of benzene rings is 1. The van der Waals surface area contributed by atoms with Gasteiger partial charge in [-0.15, -0.1) is 0 Å². The Kier molecular flexibility index (Phi) is 2.49. The van der Waals surface area contributed by atoms with Crippen LogP contribution in [-0.4, -0.2) is 12.6 Å². The molecule has 80 valence electrons. The highest BCUT2D eigenvalue weighted by Crippen LogP contribution is 2.35. The Morgan fingerprint density at radius 1 is 1.53 bits per heavy atom. The van der Waals surface area contributed by atoms with Crippen LogP contribution in [0.2, 0.25) is 0 Å². The normalized spacial score (nSPS) is 23.6. The summed E-state index contributed by atoms with van der Waals surface area (Å²) in [7, 11) is 0. The van der Waals surface area contributed by atoms with E-state index < -0.39 is 5.54 Å². The van der Waals surface area contributed by atoms with Gasteiger partial charge in [0, 0.05) is 0 Å². The minimum atomic E-state index is -0.924. The number of esters is 1. The second-order valence-corrected chi connectivity index (χ2v) is 3.85. The molecule has 0 unspecified atom stereocenters. The first-order valence-corrected chi connectivity index (χ1v) is 5.23. The van der Waals surface area contributed by atoms with E-state index in [1.165, 1.54) is 0 Å². The van der Waals surface area contributed by atoms with Gasteiger partial charge in [0.1, 0.15) is 5.54 Å². The monoisotopic (exact) mass is 205 g/mol. The van der Waals surface area contributed by atoms with Crippen molar-refractivity contribution in [1.29, 1.82) is 0 Å². The smallest absolute Gasteiger partial charge is 0.330 e. The second kappa shape index (κ2) is 3.66. The number of hydrogen-bond acceptors (Lipinski definition) is 3. The molecule has 0 fully saturated rings. The maximum Gasteiger partial charge on any atom is 0.330 e. The lowest BCUT2D eigenvalue weighted by Gasteiger charge is -2.22. The molecule has 0 aliphatic heterocycles. The van der Waals surface area contributed by atoms with E-state index in [1.54, 1.807) is 6.92 Å². The quantitative estimate of drug-likeness (QED) is 0.741. The van der Waals surface area contributed by atoms with Gasteiger partial charge in [0.25, 0.3) is 0 Å². The molecule has 0 saturated carbocycles. The molecule has 1 atom stereocenters. The van der Waals surface area contributed by atoms with Crippen LogP contribution in [0.15, 0.2) is 24.3 Å². The number of aryl methyl sites for hydroxylation is 1. The van der Waals surface area contributed by atoms with E-state index in [9.17, 15) is 4.79 Å². The van der Waals surface area contributed by atoms with Crippen molar-refractivity contribution in [1.82, 2.24) is 0 Å². The molecule has 0 radical (unpaired) electrons. The largest absolute Gasteiger partial charge is 0.464 e. The molecular weight excluding hydrogens is 190 g/mol. The van der Waals surface area contributed by atoms with E-state index >= 15 is 0 Å². The number of nitrogens with two attached hydrogens (primary N) is 1. The number of ether oxygens (including phenoxy) is 1. The van der Waals surface area contributed by atoms with Crippen molar-refractivity contribution in [3.8, 4) is 0 Å². The van der Waals surface area contributed by atoms with E-state index in [4.69, 9.17) is 10.5 Å². The number of fused-ring (bicyclic) bond motifs is 1. The Hall–Kier alpha value is -1.35. The van der Waals surface area contributed by atoms with Crippen LogP contribution in [0, 0.1) is 0 Å². The SMILES string of the molecule is CCOC(=O)[C@@]1(N)CCc2ccccc21. The molecule has 0 aromatic heterocycles. The van der Waals surface area contributed by atoms with Crippen LogP contribution in [-0.2, 0) is 21.5 Å². The molecule has 1 aliphatic carbocycles. The first kappa shape index (κ1) is 10.2. The van der Waals surface area contributed by atoms with Gasteiger partial charge >= 0.3 is 5.97 Å². The zero-order chi connectivity index (χ0) is 10.9. The number of hydrogen-bond donors (Lipinski definition) is 1. The van der Waals surface area contributed by atoms with Crippen molar-refractivity contribution in [3.05, 3.63) is 35.4 Å². The van der Waals surface area contributed by atoms with Gasteiger partial charge < -0.3 is 10.5 Å². The molecule has 0 heterocycles. The molecule has 15 heavy (non-hydrogen) atoms. The lowest BCUT2D eigenvalue weighted by atomic mass is 9.93. The zero-order valence-corrected chi connectivity index (χ0v) is 8.82. The summed E-state index contributed by atoms with van der Waals surface area (Å²) < 4.78 is 5.02. The first-order chi connectivity index (χ1) is 7.18. The summed E-state index contributed by atoms with van der Waals surface area (Å²) in [5, 5.41) is 0. The zero-order valence-electron chi connectivity index (χ0n) is 8.82. The molecule has 0 saturated heterocycles. The van der Waals surface area contributed by atoms with Crippen molar-refractivity contribution < 1.29 is 9.53 Å². The van der Waals surface area contributed by atoms with Crippen LogP contribution in [0.1, 0.15) is 24.5 Å². The predicted molar refractivity (Wildman–Crippen MR) is 57.3 cm³/mol. The van der Waals surface area contributed by atoms with Gasteiger partial charge in [-0.2, -0.15) is 0 Å². The lowest BCUT2D eigenvalue weighted by molar-refractivity contribution is -0.150. The predicted octanol–water partition coefficient (Wildman–Crippen LogP) is 1.35. The van der Waals surface area contributed by atoms with Gasteiger partial charge in [-0.1, -0.05) is 24.3 Å². The third-order valence-electron chi connectivity index (χ3n) is 2.93. The van der Waals surface area contributed by atoms with Crippen LogP contribution < -0.4 is 5.73 Å². The maximum absolute atomic E-state index is 11.8. The van der Waals surface area contributed by atoms with Gasteiger partial charge in [0.05, 0.1) is 6.61 Å². The van der Waals surface area contributed by atoms with Gasteiger partial charge in [-0.25, -0.2) is 4.79 Å². The number of carbonyl (C=O) groups excluding carboxylic acids is 1. The van der Waals surface area contributed by atoms with Crippen molar-refractivity contribution in [3.63, 3.8) is 0 Å². The third kappa shape index (κ3) is 1.53. The minimum absolute atomic E-state index is 0.310. The summed E-state index contributed by atoms with van der Waals surface area (Å²) in [5.41, 5.74) is 7.28. The van der Waals surface area contributed by atoms with E-state index in [-0.39, 0.29) is 5.97 Å². The molecular formula is C12H15NO2. The van der Waals surface area contributed by atoms with Crippen LogP contribution in [0.4, 0.5) is 0 Å². The summed E-state index contributed by atoms with van der Waals surface area (Å²) in [6.07, 6.45) is 1.50. The Labute approximate surface area is 89.2 Å². The number of carbonyl (C=O) groups is 1. The Morgan fingerprint density at radius 3 is 3.00 bits per heavy atom. The fraction of sp³-hybridized carbons (Fsp3) is 0.417. The average molecular weight is 205 g/mol. The summed E-state index contributed by atoms with van der Waals surface area (Å²) in [6, 6.07) is 7.81. The summed E-state index contributed by atoms with van der Waals surface area (Å²) in [4.78, 5) is 11.8. The van der Waals surface area contributed by atoms with Crippen molar-refractivity contribution in [2.45, 2.75) is 25.3 Å². The second-order valence-electron chi connectivity index (χ2n) is 3.85. The molecule has 3 heteroatoms. The summed E-state index contributed by atoms with van der Waals surface area (Å²) in [5.74, 6) is -0.310. The minimum Gasteiger partial charge on any atom is -0.464 e. The highest BCUT2D eigenvalue weighted by atomic mass is 16.5. The standard InChI is InChI=1S/C12H15NO2/c1-2-15-11(14)12(13)8-7-9-5-3-4-6-10(9)12/h3-6H,2,7-8,13H2,1H3/t12-/m1/s1. The maximum atomic E-state index is 11.8. The Bertz CT molecular complexity index is 389. The molecule has 2 N–H and O–H groups in total. The fourth-order valence-electron chi connectivity index (χ4n) is 2.11. The van der Waals surface area contributed by atoms with Gasteiger partial charge in [-0.3, -0.25) is 0 Å². The highest BCUT2D eigenvalue weighted by Gasteiger charge is 2.42. The van der Waals surface area contributed by atoms with Crippen LogP contribution in [0.5, 0.6) is 0 Å². The molecule has 1 aromatic rings. The number of rotatable bonds is 2. The Balaban J connectivity index is 2.36.